The molecule has 2 aromatic rings. The molecule has 0 fully saturated rings. The molecule has 0 spiro atoms. The van der Waals surface area contributed by atoms with Crippen molar-refractivity contribution in [3.05, 3.63) is 34.8 Å². The maximum atomic E-state index is 10.4. The normalized spacial score (nSPS) is 9.52. The Kier molecular flexibility index (Phi) is 5.49. The fourth-order valence-corrected chi connectivity index (χ4v) is 1.85. The van der Waals surface area contributed by atoms with Crippen molar-refractivity contribution >= 4 is 34.1 Å². The van der Waals surface area contributed by atoms with E-state index < -0.39 is 11.9 Å². The van der Waals surface area contributed by atoms with Gasteiger partial charge in [0, 0.05) is 11.1 Å². The average molecular weight is 311 g/mol. The molecule has 0 bridgehead atoms. The van der Waals surface area contributed by atoms with Gasteiger partial charge in [-0.3, -0.25) is 4.79 Å². The molecule has 9 heteroatoms. The molecule has 0 saturated carbocycles. The van der Waals surface area contributed by atoms with E-state index in [0.29, 0.717) is 10.8 Å². The number of hydrogen-bond donors (Lipinski definition) is 5. The number of rotatable bonds is 3. The third kappa shape index (κ3) is 5.37. The number of aromatic nitrogens is 1. The van der Waals surface area contributed by atoms with Crippen LogP contribution in [0.1, 0.15) is 16.1 Å². The zero-order chi connectivity index (χ0) is 16.0. The second kappa shape index (κ2) is 7.10. The van der Waals surface area contributed by atoms with Crippen LogP contribution in [0.3, 0.4) is 0 Å². The molecular weight excluding hydrogens is 298 g/mol. The van der Waals surface area contributed by atoms with E-state index in [0.717, 1.165) is 6.07 Å². The zero-order valence-corrected chi connectivity index (χ0v) is 11.5. The molecule has 8 nitrogen and oxygen atoms in total. The molecule has 21 heavy (non-hydrogen) atoms. The third-order valence-electron chi connectivity index (χ3n) is 2.17. The van der Waals surface area contributed by atoms with Crippen LogP contribution in [0, 0.1) is 0 Å². The fourth-order valence-electron chi connectivity index (χ4n) is 1.29. The molecule has 1 heterocycles. The Morgan fingerprint density at radius 3 is 2.33 bits per heavy atom. The van der Waals surface area contributed by atoms with Gasteiger partial charge < -0.3 is 26.8 Å². The molecule has 112 valence electrons. The fraction of sp³-hybridized carbons (Fsp3) is 0.0833. The summed E-state index contributed by atoms with van der Waals surface area (Å²) in [7, 11) is 0. The molecule has 0 aliphatic heterocycles. The minimum atomic E-state index is -1.14. The number of carboxylic acids is 2. The molecule has 0 aliphatic rings. The molecule has 1 aromatic carbocycles. The number of nitrogens with two attached hydrogens (primary N) is 2. The summed E-state index contributed by atoms with van der Waals surface area (Å²) in [6, 6.07) is 3.79. The summed E-state index contributed by atoms with van der Waals surface area (Å²) in [5.41, 5.74) is 11.2. The summed E-state index contributed by atoms with van der Waals surface area (Å²) in [6.07, 6.45) is -0.0479. The van der Waals surface area contributed by atoms with Gasteiger partial charge in [-0.1, -0.05) is 0 Å². The number of carboxylic acid groups (broad SMARTS) is 2. The minimum Gasteiger partial charge on any atom is -0.508 e. The largest absolute Gasteiger partial charge is 0.508 e. The Bertz CT molecular complexity index is 656. The maximum absolute atomic E-state index is 10.4. The Morgan fingerprint density at radius 2 is 1.90 bits per heavy atom. The molecule has 0 saturated heterocycles. The molecule has 0 unspecified atom stereocenters. The van der Waals surface area contributed by atoms with Crippen LogP contribution in [0.25, 0.3) is 0 Å². The zero-order valence-electron chi connectivity index (χ0n) is 10.7. The smallest absolute Gasteiger partial charge is 0.337 e. The van der Waals surface area contributed by atoms with Crippen molar-refractivity contribution in [1.29, 1.82) is 0 Å². The Morgan fingerprint density at radius 1 is 1.24 bits per heavy atom. The van der Waals surface area contributed by atoms with Gasteiger partial charge in [-0.25, -0.2) is 9.78 Å². The lowest BCUT2D eigenvalue weighted by atomic mass is 10.2. The Labute approximate surface area is 123 Å². The van der Waals surface area contributed by atoms with E-state index >= 15 is 0 Å². The second-order valence-electron chi connectivity index (χ2n) is 3.82. The highest BCUT2D eigenvalue weighted by atomic mass is 32.1. The number of phenolic OH excluding ortho intramolecular Hbond substituents is 1. The van der Waals surface area contributed by atoms with E-state index in [1.807, 2.05) is 0 Å². The van der Waals surface area contributed by atoms with E-state index in [9.17, 15) is 9.59 Å². The first-order valence-electron chi connectivity index (χ1n) is 5.53. The van der Waals surface area contributed by atoms with Crippen LogP contribution in [0.2, 0.25) is 0 Å². The van der Waals surface area contributed by atoms with E-state index in [2.05, 4.69) is 4.98 Å². The third-order valence-corrected chi connectivity index (χ3v) is 2.89. The van der Waals surface area contributed by atoms with Gasteiger partial charge in [0.1, 0.15) is 5.75 Å². The van der Waals surface area contributed by atoms with Crippen LogP contribution < -0.4 is 11.5 Å². The Balaban J connectivity index is 0.000000211. The lowest BCUT2D eigenvalue weighted by Crippen LogP contribution is -2.01. The van der Waals surface area contributed by atoms with Crippen molar-refractivity contribution in [3.8, 4) is 5.75 Å². The molecule has 0 radical (unpaired) electrons. The topological polar surface area (TPSA) is 160 Å². The number of aromatic hydroxyl groups is 1. The van der Waals surface area contributed by atoms with E-state index in [4.69, 9.17) is 26.8 Å². The number of benzene rings is 1. The predicted molar refractivity (Wildman–Crippen MR) is 77.3 cm³/mol. The summed E-state index contributed by atoms with van der Waals surface area (Å²) in [6.45, 7) is 0. The molecule has 1 aromatic heterocycles. The van der Waals surface area contributed by atoms with Crippen LogP contribution in [-0.4, -0.2) is 32.2 Å². The molecule has 2 rings (SSSR count). The van der Waals surface area contributed by atoms with Crippen LogP contribution in [0.4, 0.5) is 10.8 Å². The highest BCUT2D eigenvalue weighted by molar-refractivity contribution is 7.13. The van der Waals surface area contributed by atoms with Crippen molar-refractivity contribution in [3.63, 3.8) is 0 Å². The number of carbonyl (C=O) groups is 2. The van der Waals surface area contributed by atoms with Gasteiger partial charge in [0.25, 0.3) is 0 Å². The van der Waals surface area contributed by atoms with Crippen LogP contribution >= 0.6 is 11.3 Å². The number of nitrogens with zero attached hydrogens (tertiary/aromatic N) is 1. The molecular formula is C12H13N3O5S. The number of anilines is 2. The summed E-state index contributed by atoms with van der Waals surface area (Å²) in [5, 5.41) is 27.7. The maximum Gasteiger partial charge on any atom is 0.337 e. The molecule has 0 atom stereocenters. The second-order valence-corrected chi connectivity index (χ2v) is 4.71. The number of aliphatic carboxylic acids is 1. The van der Waals surface area contributed by atoms with Gasteiger partial charge in [-0.2, -0.15) is 0 Å². The standard InChI is InChI=1S/C7H7NO3.C5H6N2O2S/c8-6-2-1-4(9)3-5(6)7(10)11;6-5-7-3(2-10-5)1-4(8)9/h1-3,9H,8H2,(H,10,11);2H,1H2,(H2,6,7)(H,8,9). The first kappa shape index (κ1) is 16.2. The number of phenols is 1. The summed E-state index contributed by atoms with van der Waals surface area (Å²) < 4.78 is 0. The number of hydrogen-bond acceptors (Lipinski definition) is 7. The van der Waals surface area contributed by atoms with Gasteiger partial charge in [0.15, 0.2) is 5.13 Å². The lowest BCUT2D eigenvalue weighted by Gasteiger charge is -1.99. The number of nitrogen functional groups attached to an aromatic ring is 2. The first-order chi connectivity index (χ1) is 9.79. The summed E-state index contributed by atoms with van der Waals surface area (Å²) in [5.74, 6) is -2.12. The van der Waals surface area contributed by atoms with Gasteiger partial charge in [-0.15, -0.1) is 11.3 Å². The van der Waals surface area contributed by atoms with E-state index in [-0.39, 0.29) is 23.4 Å². The van der Waals surface area contributed by atoms with Gasteiger partial charge >= 0.3 is 11.9 Å². The SMILES string of the molecule is Nc1ccc(O)cc1C(=O)O.Nc1nc(CC(=O)O)cs1. The van der Waals surface area contributed by atoms with Gasteiger partial charge in [-0.05, 0) is 18.2 Å². The number of thiazole rings is 1. The minimum absolute atomic E-state index is 0.0479. The average Bonchev–Trinajstić information content (AvgIpc) is 2.77. The van der Waals surface area contributed by atoms with Crippen LogP contribution in [0.15, 0.2) is 23.6 Å². The quantitative estimate of drug-likeness (QED) is 0.415. The molecule has 0 amide bonds. The van der Waals surface area contributed by atoms with Crippen molar-refractivity contribution < 1.29 is 24.9 Å². The lowest BCUT2D eigenvalue weighted by molar-refractivity contribution is -0.136. The van der Waals surface area contributed by atoms with Gasteiger partial charge in [0.05, 0.1) is 17.7 Å². The summed E-state index contributed by atoms with van der Waals surface area (Å²) in [4.78, 5) is 24.3. The molecule has 0 aliphatic carbocycles. The molecule has 7 N–H and O–H groups in total. The predicted octanol–water partition coefficient (Wildman–Crippen LogP) is 1.03. The van der Waals surface area contributed by atoms with Crippen molar-refractivity contribution in [2.45, 2.75) is 6.42 Å². The highest BCUT2D eigenvalue weighted by Crippen LogP contribution is 2.17. The van der Waals surface area contributed by atoms with Crippen molar-refractivity contribution in [2.75, 3.05) is 11.5 Å². The van der Waals surface area contributed by atoms with Crippen LogP contribution in [0.5, 0.6) is 5.75 Å². The number of aromatic carboxylic acids is 1. The first-order valence-corrected chi connectivity index (χ1v) is 6.41. The Hall–Kier alpha value is -2.81. The van der Waals surface area contributed by atoms with E-state index in [1.165, 1.54) is 23.5 Å². The van der Waals surface area contributed by atoms with E-state index in [1.54, 1.807) is 5.38 Å². The highest BCUT2D eigenvalue weighted by Gasteiger charge is 2.07. The van der Waals surface area contributed by atoms with Crippen molar-refractivity contribution in [1.82, 2.24) is 4.98 Å². The van der Waals surface area contributed by atoms with Gasteiger partial charge in [0.2, 0.25) is 0 Å². The summed E-state index contributed by atoms with van der Waals surface area (Å²) >= 11 is 1.25. The van der Waals surface area contributed by atoms with Crippen molar-refractivity contribution in [2.24, 2.45) is 0 Å². The van der Waals surface area contributed by atoms with Crippen LogP contribution in [-0.2, 0) is 11.2 Å². The monoisotopic (exact) mass is 311 g/mol.